The molecule has 0 aliphatic carbocycles. The minimum Gasteiger partial charge on any atom is -0.493 e. The summed E-state index contributed by atoms with van der Waals surface area (Å²) in [4.78, 5) is 20.2. The number of halogens is 1. The Labute approximate surface area is 213 Å². The predicted octanol–water partition coefficient (Wildman–Crippen LogP) is 6.00. The molecule has 0 aliphatic heterocycles. The van der Waals surface area contributed by atoms with E-state index in [9.17, 15) is 14.3 Å². The molecule has 2 heterocycles. The smallest absolute Gasteiger partial charge is 0.338 e. The van der Waals surface area contributed by atoms with Crippen LogP contribution in [0.4, 0.5) is 4.39 Å². The first-order valence-corrected chi connectivity index (χ1v) is 12.0. The minimum atomic E-state index is -0.597. The fourth-order valence-corrected chi connectivity index (χ4v) is 4.11. The van der Waals surface area contributed by atoms with Crippen LogP contribution in [-0.4, -0.2) is 36.4 Å². The molecule has 0 saturated carbocycles. The maximum atomic E-state index is 13.4. The third-order valence-electron chi connectivity index (χ3n) is 5.90. The molecule has 0 radical (unpaired) electrons. The minimum absolute atomic E-state index is 0.0348. The third kappa shape index (κ3) is 5.23. The van der Waals surface area contributed by atoms with Crippen molar-refractivity contribution in [1.82, 2.24) is 19.7 Å². The van der Waals surface area contributed by atoms with E-state index in [1.165, 1.54) is 16.8 Å². The zero-order valence-corrected chi connectivity index (χ0v) is 20.8. The van der Waals surface area contributed by atoms with Crippen molar-refractivity contribution in [2.24, 2.45) is 0 Å². The number of aromatic nitrogens is 4. The summed E-state index contributed by atoms with van der Waals surface area (Å²) in [7, 11) is 0. The number of carbonyl (C=O) groups is 1. The maximum absolute atomic E-state index is 13.4. The maximum Gasteiger partial charge on any atom is 0.338 e. The van der Waals surface area contributed by atoms with Gasteiger partial charge in [-0.2, -0.15) is 9.78 Å². The van der Waals surface area contributed by atoms with Crippen molar-refractivity contribution >= 4 is 17.0 Å². The quantitative estimate of drug-likeness (QED) is 0.280. The van der Waals surface area contributed by atoms with E-state index >= 15 is 0 Å². The Morgan fingerprint density at radius 1 is 1.00 bits per heavy atom. The Morgan fingerprint density at radius 3 is 2.38 bits per heavy atom. The number of hydrogen-bond acceptors (Lipinski definition) is 5. The van der Waals surface area contributed by atoms with Gasteiger partial charge in [-0.3, -0.25) is 0 Å². The third-order valence-corrected chi connectivity index (χ3v) is 5.90. The summed E-state index contributed by atoms with van der Waals surface area (Å²) < 4.78 is 20.2. The van der Waals surface area contributed by atoms with Crippen molar-refractivity contribution < 1.29 is 19.0 Å². The summed E-state index contributed by atoms with van der Waals surface area (Å²) in [6, 6.07) is 20.8. The summed E-state index contributed by atoms with van der Waals surface area (Å²) in [6.45, 7) is 5.46. The van der Waals surface area contributed by atoms with Gasteiger partial charge >= 0.3 is 5.97 Å². The number of para-hydroxylation sites is 2. The highest BCUT2D eigenvalue weighted by Gasteiger charge is 2.23. The number of rotatable bonds is 6. The van der Waals surface area contributed by atoms with Crippen LogP contribution in [0.3, 0.4) is 0 Å². The Balaban J connectivity index is 1.52. The average Bonchev–Trinajstić information content (AvgIpc) is 3.43. The number of carbonyl (C=O) groups excluding carboxylic acids is 1. The van der Waals surface area contributed by atoms with E-state index in [1.807, 2.05) is 45.0 Å². The molecule has 2 aromatic heterocycles. The average molecular weight is 499 g/mol. The number of aromatic amines is 1. The van der Waals surface area contributed by atoms with Gasteiger partial charge in [0.1, 0.15) is 17.1 Å². The van der Waals surface area contributed by atoms with Crippen molar-refractivity contribution in [3.05, 3.63) is 95.3 Å². The van der Waals surface area contributed by atoms with Gasteiger partial charge in [0, 0.05) is 11.1 Å². The molecule has 5 rings (SSSR count). The van der Waals surface area contributed by atoms with Crippen LogP contribution in [-0.2, 0) is 17.6 Å². The van der Waals surface area contributed by atoms with Crippen molar-refractivity contribution in [1.29, 1.82) is 0 Å². The monoisotopic (exact) mass is 498 g/mol. The van der Waals surface area contributed by atoms with E-state index in [2.05, 4.69) is 9.97 Å². The molecule has 0 amide bonds. The van der Waals surface area contributed by atoms with Gasteiger partial charge in [-0.1, -0.05) is 36.4 Å². The molecule has 0 aliphatic rings. The van der Waals surface area contributed by atoms with E-state index in [1.54, 1.807) is 36.4 Å². The second-order valence-corrected chi connectivity index (χ2v) is 9.85. The molecule has 37 heavy (non-hydrogen) atoms. The first-order valence-electron chi connectivity index (χ1n) is 12.0. The Hall–Kier alpha value is -4.46. The van der Waals surface area contributed by atoms with Crippen molar-refractivity contribution in [3.63, 3.8) is 0 Å². The van der Waals surface area contributed by atoms with Crippen molar-refractivity contribution in [2.45, 2.75) is 39.2 Å². The molecule has 0 unspecified atom stereocenters. The molecule has 7 nitrogen and oxygen atoms in total. The van der Waals surface area contributed by atoms with Crippen LogP contribution in [0.1, 0.15) is 42.3 Å². The summed E-state index contributed by atoms with van der Waals surface area (Å²) in [6.07, 6.45) is 1.03. The molecule has 0 saturated heterocycles. The van der Waals surface area contributed by atoms with Crippen LogP contribution in [0.15, 0.2) is 72.8 Å². The molecule has 3 aromatic carbocycles. The van der Waals surface area contributed by atoms with Gasteiger partial charge in [0.05, 0.1) is 16.6 Å². The second-order valence-electron chi connectivity index (χ2n) is 9.85. The van der Waals surface area contributed by atoms with Gasteiger partial charge in [0.25, 0.3) is 0 Å². The number of hydrogen-bond donors (Lipinski definition) is 2. The summed E-state index contributed by atoms with van der Waals surface area (Å²) >= 11 is 0. The Bertz CT molecular complexity index is 1530. The summed E-state index contributed by atoms with van der Waals surface area (Å²) in [5.41, 5.74) is 4.25. The lowest BCUT2D eigenvalue weighted by molar-refractivity contribution is 0.00695. The van der Waals surface area contributed by atoms with Crippen LogP contribution in [0.2, 0.25) is 0 Å². The number of nitrogens with zero attached hydrogens (tertiary/aromatic N) is 3. The van der Waals surface area contributed by atoms with Crippen molar-refractivity contribution in [2.75, 3.05) is 0 Å². The van der Waals surface area contributed by atoms with Gasteiger partial charge in [0.2, 0.25) is 11.8 Å². The summed E-state index contributed by atoms with van der Waals surface area (Å²) in [5.74, 6) is -0.355. The number of aryl methyl sites for hydroxylation is 1. The molecule has 0 atom stereocenters. The molecular weight excluding hydrogens is 471 g/mol. The van der Waals surface area contributed by atoms with Gasteiger partial charge in [-0.15, -0.1) is 0 Å². The Morgan fingerprint density at radius 2 is 1.70 bits per heavy atom. The fourth-order valence-electron chi connectivity index (χ4n) is 4.11. The second kappa shape index (κ2) is 9.54. The van der Waals surface area contributed by atoms with Crippen LogP contribution < -0.4 is 0 Å². The van der Waals surface area contributed by atoms with Gasteiger partial charge < -0.3 is 14.8 Å². The largest absolute Gasteiger partial charge is 0.493 e. The number of ether oxygens (including phenoxy) is 1. The zero-order chi connectivity index (χ0) is 26.2. The molecule has 5 aromatic rings. The van der Waals surface area contributed by atoms with Gasteiger partial charge in [0.15, 0.2) is 0 Å². The van der Waals surface area contributed by atoms with Crippen LogP contribution in [0.5, 0.6) is 5.88 Å². The van der Waals surface area contributed by atoms with Gasteiger partial charge in [-0.05, 0) is 75.6 Å². The number of nitrogens with one attached hydrogen (secondary N) is 1. The number of imidazole rings is 1. The highest BCUT2D eigenvalue weighted by molar-refractivity contribution is 5.90. The van der Waals surface area contributed by atoms with E-state index in [0.29, 0.717) is 35.6 Å². The lowest BCUT2D eigenvalue weighted by Gasteiger charge is -2.19. The van der Waals surface area contributed by atoms with Crippen LogP contribution in [0, 0.1) is 5.82 Å². The molecule has 0 bridgehead atoms. The predicted molar refractivity (Wildman–Crippen MR) is 139 cm³/mol. The number of benzene rings is 3. The first kappa shape index (κ1) is 24.2. The van der Waals surface area contributed by atoms with E-state index in [0.717, 1.165) is 22.2 Å². The SMILES string of the molecule is CC(C)(C)OC(=O)c1ccc(-c2nn(-c3nc4ccccc4[nH]3)c(O)c2CCc2ccc(F)cc2)cc1. The molecular formula is C29H27FN4O3. The van der Waals surface area contributed by atoms with Crippen LogP contribution in [0.25, 0.3) is 28.2 Å². The molecule has 188 valence electrons. The highest BCUT2D eigenvalue weighted by atomic mass is 19.1. The van der Waals surface area contributed by atoms with Crippen LogP contribution >= 0.6 is 0 Å². The highest BCUT2D eigenvalue weighted by Crippen LogP contribution is 2.33. The topological polar surface area (TPSA) is 93.0 Å². The number of fused-ring (bicyclic) bond motifs is 1. The normalized spacial score (nSPS) is 11.7. The lowest BCUT2D eigenvalue weighted by atomic mass is 10.0. The first-order chi connectivity index (χ1) is 17.7. The standard InChI is InChI=1S/C29H27FN4O3/c1-29(2,3)37-27(36)20-13-11-19(12-14-20)25-22(17-10-18-8-15-21(30)16-9-18)26(35)34(33-25)28-31-23-6-4-5-7-24(23)32-28/h4-9,11-16,35H,10,17H2,1-3H3,(H,31,32). The summed E-state index contributed by atoms with van der Waals surface area (Å²) in [5, 5.41) is 16.0. The lowest BCUT2D eigenvalue weighted by Crippen LogP contribution is -2.23. The van der Waals surface area contributed by atoms with E-state index in [-0.39, 0.29) is 11.7 Å². The molecule has 0 spiro atoms. The van der Waals surface area contributed by atoms with E-state index < -0.39 is 11.6 Å². The zero-order valence-electron chi connectivity index (χ0n) is 20.8. The molecule has 8 heteroatoms. The number of H-pyrrole nitrogens is 1. The molecule has 2 N–H and O–H groups in total. The number of aromatic hydroxyl groups is 1. The molecule has 0 fully saturated rings. The number of esters is 1. The van der Waals surface area contributed by atoms with Gasteiger partial charge in [-0.25, -0.2) is 14.2 Å². The Kier molecular flexibility index (Phi) is 6.25. The van der Waals surface area contributed by atoms with E-state index in [4.69, 9.17) is 9.84 Å². The van der Waals surface area contributed by atoms with Crippen molar-refractivity contribution in [3.8, 4) is 23.1 Å². The fraction of sp³-hybridized carbons (Fsp3) is 0.207.